The Morgan fingerprint density at radius 1 is 1.50 bits per heavy atom. The van der Waals surface area contributed by atoms with E-state index in [0.29, 0.717) is 17.6 Å². The van der Waals surface area contributed by atoms with Gasteiger partial charge in [-0.3, -0.25) is 4.90 Å². The second kappa shape index (κ2) is 5.31. The van der Waals surface area contributed by atoms with Crippen LogP contribution in [0.3, 0.4) is 0 Å². The van der Waals surface area contributed by atoms with Gasteiger partial charge in [0.1, 0.15) is 17.5 Å². The smallest absolute Gasteiger partial charge is 0.185 e. The van der Waals surface area contributed by atoms with E-state index in [0.717, 1.165) is 12.4 Å². The maximum absolute atomic E-state index is 8.78. The van der Waals surface area contributed by atoms with Crippen molar-refractivity contribution < 1.29 is 0 Å². The Morgan fingerprint density at radius 3 is 2.75 bits per heavy atom. The predicted molar refractivity (Wildman–Crippen MR) is 64.1 cm³/mol. The van der Waals surface area contributed by atoms with Crippen LogP contribution in [0.1, 0.15) is 19.7 Å². The summed E-state index contributed by atoms with van der Waals surface area (Å²) in [5.74, 6) is 2.58. The number of hydrogen-bond donors (Lipinski definition) is 1. The molecule has 5 heteroatoms. The van der Waals surface area contributed by atoms with Crippen molar-refractivity contribution in [1.82, 2.24) is 9.97 Å². The lowest BCUT2D eigenvalue weighted by atomic mass is 10.2. The SMILES string of the molecule is Cc1nc(NCC(C)C)cc(N(C)C#N)n1. The zero-order valence-electron chi connectivity index (χ0n) is 10.2. The predicted octanol–water partition coefficient (Wildman–Crippen LogP) is 1.77. The second-order valence-electron chi connectivity index (χ2n) is 4.09. The van der Waals surface area contributed by atoms with Crippen LogP contribution < -0.4 is 10.2 Å². The van der Waals surface area contributed by atoms with Gasteiger partial charge in [-0.05, 0) is 12.8 Å². The van der Waals surface area contributed by atoms with Crippen LogP contribution in [0.2, 0.25) is 0 Å². The van der Waals surface area contributed by atoms with Gasteiger partial charge in [-0.25, -0.2) is 9.97 Å². The van der Waals surface area contributed by atoms with Crippen molar-refractivity contribution in [2.24, 2.45) is 5.92 Å². The third kappa shape index (κ3) is 3.39. The van der Waals surface area contributed by atoms with Gasteiger partial charge in [0, 0.05) is 19.7 Å². The molecule has 0 spiro atoms. The summed E-state index contributed by atoms with van der Waals surface area (Å²) < 4.78 is 0. The molecule has 0 aliphatic rings. The van der Waals surface area contributed by atoms with E-state index in [2.05, 4.69) is 29.1 Å². The van der Waals surface area contributed by atoms with Gasteiger partial charge in [-0.1, -0.05) is 13.8 Å². The fourth-order valence-electron chi connectivity index (χ4n) is 1.17. The summed E-state index contributed by atoms with van der Waals surface area (Å²) in [4.78, 5) is 9.86. The lowest BCUT2D eigenvalue weighted by molar-refractivity contribution is 0.686. The Hall–Kier alpha value is -1.83. The van der Waals surface area contributed by atoms with Crippen molar-refractivity contribution >= 4 is 11.6 Å². The van der Waals surface area contributed by atoms with Gasteiger partial charge >= 0.3 is 0 Å². The number of nitrogens with zero attached hydrogens (tertiary/aromatic N) is 4. The molecule has 0 atom stereocenters. The minimum absolute atomic E-state index is 0.549. The number of nitriles is 1. The molecule has 0 amide bonds. The van der Waals surface area contributed by atoms with Crippen LogP contribution in [0.5, 0.6) is 0 Å². The van der Waals surface area contributed by atoms with Crippen LogP contribution in [0, 0.1) is 24.3 Å². The molecular formula is C11H17N5. The second-order valence-corrected chi connectivity index (χ2v) is 4.09. The van der Waals surface area contributed by atoms with Crippen molar-refractivity contribution in [3.8, 4) is 6.19 Å². The average Bonchev–Trinajstić information content (AvgIpc) is 2.24. The molecule has 0 aromatic carbocycles. The molecule has 16 heavy (non-hydrogen) atoms. The first-order valence-corrected chi connectivity index (χ1v) is 5.26. The Kier molecular flexibility index (Phi) is 4.06. The van der Waals surface area contributed by atoms with Gasteiger partial charge in [0.2, 0.25) is 0 Å². The molecule has 0 bridgehead atoms. The molecule has 5 nitrogen and oxygen atoms in total. The normalized spacial score (nSPS) is 10.0. The summed E-state index contributed by atoms with van der Waals surface area (Å²) in [6.07, 6.45) is 2.02. The molecular weight excluding hydrogens is 202 g/mol. The van der Waals surface area contributed by atoms with E-state index in [1.165, 1.54) is 4.90 Å². The number of rotatable bonds is 4. The third-order valence-corrected chi connectivity index (χ3v) is 2.01. The molecule has 0 fully saturated rings. The highest BCUT2D eigenvalue weighted by Gasteiger charge is 2.05. The van der Waals surface area contributed by atoms with Crippen LogP contribution in [0.15, 0.2) is 6.07 Å². The molecule has 1 rings (SSSR count). The molecule has 0 aliphatic heterocycles. The molecule has 0 radical (unpaired) electrons. The lowest BCUT2D eigenvalue weighted by Gasteiger charge is -2.12. The van der Waals surface area contributed by atoms with Gasteiger partial charge in [0.25, 0.3) is 0 Å². The summed E-state index contributed by atoms with van der Waals surface area (Å²) >= 11 is 0. The first-order chi connectivity index (χ1) is 7.52. The molecule has 1 N–H and O–H groups in total. The summed E-state index contributed by atoms with van der Waals surface area (Å²) in [7, 11) is 1.67. The number of aromatic nitrogens is 2. The van der Waals surface area contributed by atoms with Gasteiger partial charge in [-0.2, -0.15) is 5.26 Å². The van der Waals surface area contributed by atoms with E-state index in [4.69, 9.17) is 5.26 Å². The molecule has 0 saturated carbocycles. The van der Waals surface area contributed by atoms with Crippen LogP contribution in [-0.2, 0) is 0 Å². The average molecular weight is 219 g/mol. The number of anilines is 2. The highest BCUT2D eigenvalue weighted by atomic mass is 15.2. The largest absolute Gasteiger partial charge is 0.370 e. The molecule has 1 aromatic heterocycles. The molecule has 86 valence electrons. The Bertz CT molecular complexity index is 394. The van der Waals surface area contributed by atoms with E-state index >= 15 is 0 Å². The number of aryl methyl sites for hydroxylation is 1. The van der Waals surface area contributed by atoms with Gasteiger partial charge in [-0.15, -0.1) is 0 Å². The first kappa shape index (κ1) is 12.2. The Balaban J connectivity index is 2.86. The molecule has 1 aromatic rings. The van der Waals surface area contributed by atoms with Crippen molar-refractivity contribution in [3.63, 3.8) is 0 Å². The topological polar surface area (TPSA) is 64.8 Å². The van der Waals surface area contributed by atoms with E-state index in [1.807, 2.05) is 13.1 Å². The Morgan fingerprint density at radius 2 is 2.19 bits per heavy atom. The Labute approximate surface area is 96.1 Å². The van der Waals surface area contributed by atoms with Crippen molar-refractivity contribution in [3.05, 3.63) is 11.9 Å². The monoisotopic (exact) mass is 219 g/mol. The van der Waals surface area contributed by atoms with Crippen LogP contribution in [0.4, 0.5) is 11.6 Å². The summed E-state index contributed by atoms with van der Waals surface area (Å²) in [6.45, 7) is 6.92. The standard InChI is InChI=1S/C11H17N5/c1-8(2)6-13-10-5-11(16(4)7-12)15-9(3)14-10/h5,8H,6H2,1-4H3,(H,13,14,15). The number of hydrogen-bond acceptors (Lipinski definition) is 5. The zero-order chi connectivity index (χ0) is 12.1. The van der Waals surface area contributed by atoms with E-state index < -0.39 is 0 Å². The fourth-order valence-corrected chi connectivity index (χ4v) is 1.17. The van der Waals surface area contributed by atoms with Gasteiger partial charge in [0.05, 0.1) is 0 Å². The number of nitrogens with one attached hydrogen (secondary N) is 1. The fraction of sp³-hybridized carbons (Fsp3) is 0.545. The minimum atomic E-state index is 0.549. The highest BCUT2D eigenvalue weighted by molar-refractivity contribution is 5.51. The van der Waals surface area contributed by atoms with E-state index in [1.54, 1.807) is 13.1 Å². The summed E-state index contributed by atoms with van der Waals surface area (Å²) in [6, 6.07) is 1.78. The molecule has 0 saturated heterocycles. The molecule has 0 unspecified atom stereocenters. The van der Waals surface area contributed by atoms with E-state index in [9.17, 15) is 0 Å². The maximum atomic E-state index is 8.78. The minimum Gasteiger partial charge on any atom is -0.370 e. The summed E-state index contributed by atoms with van der Waals surface area (Å²) in [5, 5.41) is 12.0. The van der Waals surface area contributed by atoms with Crippen molar-refractivity contribution in [2.45, 2.75) is 20.8 Å². The maximum Gasteiger partial charge on any atom is 0.185 e. The lowest BCUT2D eigenvalue weighted by Crippen LogP contribution is -2.14. The first-order valence-electron chi connectivity index (χ1n) is 5.26. The van der Waals surface area contributed by atoms with E-state index in [-0.39, 0.29) is 0 Å². The summed E-state index contributed by atoms with van der Waals surface area (Å²) in [5.41, 5.74) is 0. The zero-order valence-corrected chi connectivity index (χ0v) is 10.2. The van der Waals surface area contributed by atoms with Crippen molar-refractivity contribution in [2.75, 3.05) is 23.8 Å². The van der Waals surface area contributed by atoms with Crippen LogP contribution in [0.25, 0.3) is 0 Å². The molecule has 0 aliphatic carbocycles. The van der Waals surface area contributed by atoms with Crippen LogP contribution >= 0.6 is 0 Å². The van der Waals surface area contributed by atoms with Gasteiger partial charge < -0.3 is 5.32 Å². The quantitative estimate of drug-likeness (QED) is 0.617. The van der Waals surface area contributed by atoms with Crippen LogP contribution in [-0.4, -0.2) is 23.6 Å². The highest BCUT2D eigenvalue weighted by Crippen LogP contribution is 2.14. The third-order valence-electron chi connectivity index (χ3n) is 2.01. The van der Waals surface area contributed by atoms with Crippen molar-refractivity contribution in [1.29, 1.82) is 5.26 Å². The molecule has 1 heterocycles. The van der Waals surface area contributed by atoms with Gasteiger partial charge in [0.15, 0.2) is 6.19 Å².